The maximum absolute atomic E-state index is 6.31. The van der Waals surface area contributed by atoms with Crippen molar-refractivity contribution >= 4 is 39.7 Å². The van der Waals surface area contributed by atoms with Crippen LogP contribution in [0, 0.1) is 13.8 Å². The van der Waals surface area contributed by atoms with Crippen molar-refractivity contribution in [2.45, 2.75) is 26.4 Å². The first kappa shape index (κ1) is 20.6. The molecule has 4 aromatic rings. The topological polar surface area (TPSA) is 56.1 Å². The molecule has 0 aliphatic rings. The molecule has 0 bridgehead atoms. The van der Waals surface area contributed by atoms with Crippen molar-refractivity contribution in [2.75, 3.05) is 24.9 Å². The van der Waals surface area contributed by atoms with Crippen LogP contribution in [-0.2, 0) is 0 Å². The van der Waals surface area contributed by atoms with Crippen molar-refractivity contribution in [3.05, 3.63) is 58.0 Å². The fourth-order valence-corrected chi connectivity index (χ4v) is 4.54. The van der Waals surface area contributed by atoms with Crippen LogP contribution in [0.1, 0.15) is 28.8 Å². The largest absolute Gasteiger partial charge is 0.485 e. The maximum Gasteiger partial charge on any atom is 0.179 e. The van der Waals surface area contributed by atoms with Gasteiger partial charge in [-0.25, -0.2) is 4.68 Å². The van der Waals surface area contributed by atoms with Crippen molar-refractivity contribution in [3.8, 4) is 11.4 Å². The zero-order valence-electron chi connectivity index (χ0n) is 17.5. The highest BCUT2D eigenvalue weighted by Gasteiger charge is 2.19. The SMILES string of the molecule is Cc1nnc(N(C)C)c2nn(-c3cccc(OC(CCCl)c4cccs4)c3)c(C)c12. The van der Waals surface area contributed by atoms with Crippen LogP contribution in [0.5, 0.6) is 5.75 Å². The maximum atomic E-state index is 6.31. The predicted molar refractivity (Wildman–Crippen MR) is 123 cm³/mol. The summed E-state index contributed by atoms with van der Waals surface area (Å²) in [6, 6.07) is 12.1. The molecular formula is C22H24ClN5OS. The smallest absolute Gasteiger partial charge is 0.179 e. The van der Waals surface area contributed by atoms with E-state index < -0.39 is 0 Å². The second-order valence-corrected chi connectivity index (χ2v) is 8.68. The molecule has 156 valence electrons. The van der Waals surface area contributed by atoms with E-state index in [4.69, 9.17) is 21.4 Å². The molecule has 6 nitrogen and oxygen atoms in total. The minimum Gasteiger partial charge on any atom is -0.485 e. The summed E-state index contributed by atoms with van der Waals surface area (Å²) in [7, 11) is 3.90. The lowest BCUT2D eigenvalue weighted by Crippen LogP contribution is -2.12. The Morgan fingerprint density at radius 1 is 1.17 bits per heavy atom. The molecule has 8 heteroatoms. The molecule has 1 atom stereocenters. The molecule has 4 rings (SSSR count). The average molecular weight is 442 g/mol. The van der Waals surface area contributed by atoms with Crippen LogP contribution in [0.2, 0.25) is 0 Å². The van der Waals surface area contributed by atoms with E-state index in [1.54, 1.807) is 11.3 Å². The Morgan fingerprint density at radius 3 is 2.70 bits per heavy atom. The van der Waals surface area contributed by atoms with Gasteiger partial charge >= 0.3 is 0 Å². The average Bonchev–Trinajstić information content (AvgIpc) is 3.37. The monoisotopic (exact) mass is 441 g/mol. The third-order valence-corrected chi connectivity index (χ3v) is 6.16. The van der Waals surface area contributed by atoms with Crippen molar-refractivity contribution in [2.24, 2.45) is 0 Å². The fraction of sp³-hybridized carbons (Fsp3) is 0.318. The van der Waals surface area contributed by atoms with Crippen molar-refractivity contribution in [1.82, 2.24) is 20.0 Å². The van der Waals surface area contributed by atoms with E-state index in [-0.39, 0.29) is 6.10 Å². The van der Waals surface area contributed by atoms with Gasteiger partial charge in [-0.05, 0) is 37.4 Å². The highest BCUT2D eigenvalue weighted by molar-refractivity contribution is 7.10. The lowest BCUT2D eigenvalue weighted by Gasteiger charge is -2.17. The lowest BCUT2D eigenvalue weighted by atomic mass is 10.2. The van der Waals surface area contributed by atoms with Crippen LogP contribution in [0.15, 0.2) is 41.8 Å². The molecule has 0 fully saturated rings. The summed E-state index contributed by atoms with van der Waals surface area (Å²) in [5.41, 5.74) is 3.66. The molecule has 0 spiro atoms. The van der Waals surface area contributed by atoms with Gasteiger partial charge < -0.3 is 9.64 Å². The van der Waals surface area contributed by atoms with E-state index in [9.17, 15) is 0 Å². The number of alkyl halides is 1. The van der Waals surface area contributed by atoms with Gasteiger partial charge in [0.05, 0.1) is 22.5 Å². The summed E-state index contributed by atoms with van der Waals surface area (Å²) >= 11 is 7.70. The van der Waals surface area contributed by atoms with Crippen molar-refractivity contribution in [3.63, 3.8) is 0 Å². The molecular weight excluding hydrogens is 418 g/mol. The fourth-order valence-electron chi connectivity index (χ4n) is 3.55. The number of ether oxygens (including phenoxy) is 1. The molecule has 0 aliphatic heterocycles. The second-order valence-electron chi connectivity index (χ2n) is 7.32. The van der Waals surface area contributed by atoms with Gasteiger partial charge in [-0.15, -0.1) is 28.0 Å². The van der Waals surface area contributed by atoms with Gasteiger partial charge in [-0.1, -0.05) is 12.1 Å². The summed E-state index contributed by atoms with van der Waals surface area (Å²) in [6.45, 7) is 4.02. The number of anilines is 1. The van der Waals surface area contributed by atoms with E-state index in [0.717, 1.165) is 46.0 Å². The Morgan fingerprint density at radius 2 is 2.00 bits per heavy atom. The number of aromatic nitrogens is 4. The summed E-state index contributed by atoms with van der Waals surface area (Å²) < 4.78 is 8.25. The number of hydrogen-bond donors (Lipinski definition) is 0. The zero-order valence-corrected chi connectivity index (χ0v) is 19.0. The molecule has 1 unspecified atom stereocenters. The third kappa shape index (κ3) is 3.87. The predicted octanol–water partition coefficient (Wildman–Crippen LogP) is 5.31. The number of thiophene rings is 1. The van der Waals surface area contributed by atoms with Crippen LogP contribution in [0.4, 0.5) is 5.82 Å². The molecule has 0 saturated heterocycles. The quantitative estimate of drug-likeness (QED) is 0.364. The zero-order chi connectivity index (χ0) is 21.3. The number of aryl methyl sites for hydroxylation is 2. The Labute approximate surface area is 185 Å². The van der Waals surface area contributed by atoms with Gasteiger partial charge in [0.1, 0.15) is 17.4 Å². The summed E-state index contributed by atoms with van der Waals surface area (Å²) in [5, 5.41) is 16.6. The van der Waals surface area contributed by atoms with Gasteiger partial charge in [0, 0.05) is 37.3 Å². The summed E-state index contributed by atoms with van der Waals surface area (Å²) in [6.07, 6.45) is 0.686. The Balaban J connectivity index is 1.74. The highest BCUT2D eigenvalue weighted by atomic mass is 35.5. The standard InChI is InChI=1S/C22H24ClN5OS/c1-14-20-15(2)28(26-21(20)22(25-24-14)27(3)4)16-7-5-8-17(13-16)29-18(10-11-23)19-9-6-12-30-19/h5-9,12-13,18H,10-11H2,1-4H3. The van der Waals surface area contributed by atoms with Crippen LogP contribution in [-0.4, -0.2) is 40.0 Å². The number of hydrogen-bond acceptors (Lipinski definition) is 6. The molecule has 0 aliphatic carbocycles. The Bertz CT molecular complexity index is 1160. The number of halogens is 1. The van der Waals surface area contributed by atoms with Gasteiger partial charge in [0.15, 0.2) is 5.82 Å². The normalized spacial score (nSPS) is 12.3. The van der Waals surface area contributed by atoms with E-state index in [1.165, 1.54) is 4.88 Å². The molecule has 0 radical (unpaired) electrons. The minimum absolute atomic E-state index is 0.0634. The third-order valence-electron chi connectivity index (χ3n) is 4.98. The summed E-state index contributed by atoms with van der Waals surface area (Å²) in [4.78, 5) is 3.11. The Hall–Kier alpha value is -2.64. The highest BCUT2D eigenvalue weighted by Crippen LogP contribution is 2.32. The molecule has 3 aromatic heterocycles. The van der Waals surface area contributed by atoms with Crippen molar-refractivity contribution < 1.29 is 4.74 Å². The van der Waals surface area contributed by atoms with E-state index >= 15 is 0 Å². The first-order valence-electron chi connectivity index (χ1n) is 9.76. The number of rotatable bonds is 7. The minimum atomic E-state index is -0.0634. The van der Waals surface area contributed by atoms with Gasteiger partial charge in [0.2, 0.25) is 0 Å². The van der Waals surface area contributed by atoms with E-state index in [1.807, 2.05) is 60.9 Å². The van der Waals surface area contributed by atoms with Crippen LogP contribution < -0.4 is 9.64 Å². The van der Waals surface area contributed by atoms with Gasteiger partial charge in [-0.3, -0.25) is 0 Å². The van der Waals surface area contributed by atoms with Crippen molar-refractivity contribution in [1.29, 1.82) is 0 Å². The second kappa shape index (κ2) is 8.62. The van der Waals surface area contributed by atoms with Crippen LogP contribution in [0.25, 0.3) is 16.6 Å². The van der Waals surface area contributed by atoms with Gasteiger partial charge in [-0.2, -0.15) is 10.2 Å². The first-order valence-corrected chi connectivity index (χ1v) is 11.2. The molecule has 30 heavy (non-hydrogen) atoms. The van der Waals surface area contributed by atoms with E-state index in [2.05, 4.69) is 28.6 Å². The molecule has 0 amide bonds. The number of nitrogens with zero attached hydrogens (tertiary/aromatic N) is 5. The summed E-state index contributed by atoms with van der Waals surface area (Å²) in [5.74, 6) is 2.08. The van der Waals surface area contributed by atoms with Crippen LogP contribution >= 0.6 is 22.9 Å². The lowest BCUT2D eigenvalue weighted by molar-refractivity contribution is 0.206. The molecule has 1 aromatic carbocycles. The number of benzene rings is 1. The Kier molecular flexibility index (Phi) is 5.92. The molecule has 0 N–H and O–H groups in total. The van der Waals surface area contributed by atoms with E-state index in [0.29, 0.717) is 5.88 Å². The van der Waals surface area contributed by atoms with Gasteiger partial charge in [0.25, 0.3) is 0 Å². The first-order chi connectivity index (χ1) is 14.5. The number of fused-ring (bicyclic) bond motifs is 1. The molecule has 0 saturated carbocycles. The van der Waals surface area contributed by atoms with Crippen LogP contribution in [0.3, 0.4) is 0 Å². The molecule has 3 heterocycles.